The summed E-state index contributed by atoms with van der Waals surface area (Å²) in [5, 5.41) is 14.3. The number of piperidine rings is 1. The zero-order chi connectivity index (χ0) is 21.6. The fourth-order valence-corrected chi connectivity index (χ4v) is 5.17. The number of nitro benzene ring substituents is 1. The van der Waals surface area contributed by atoms with Crippen molar-refractivity contribution in [2.24, 2.45) is 0 Å². The predicted molar refractivity (Wildman–Crippen MR) is 126 cm³/mol. The Morgan fingerprint density at radius 1 is 1.03 bits per heavy atom. The Morgan fingerprint density at radius 3 is 2.55 bits per heavy atom. The molecule has 2 heterocycles. The third kappa shape index (κ3) is 5.57. The molecule has 0 saturated carbocycles. The number of thioether (sulfide) groups is 1. The molecule has 2 aliphatic rings. The Labute approximate surface area is 186 Å². The molecule has 0 aliphatic carbocycles. The van der Waals surface area contributed by atoms with Crippen LogP contribution < -0.4 is 10.2 Å². The average molecular weight is 441 g/mol. The van der Waals surface area contributed by atoms with Crippen molar-refractivity contribution in [3.05, 3.63) is 63.7 Å². The van der Waals surface area contributed by atoms with Gasteiger partial charge in [-0.25, -0.2) is 0 Å². The summed E-state index contributed by atoms with van der Waals surface area (Å²) in [7, 11) is 0. The minimum Gasteiger partial charge on any atom is -0.371 e. The smallest absolute Gasteiger partial charge is 0.270 e. The molecule has 2 aromatic carbocycles. The van der Waals surface area contributed by atoms with Crippen LogP contribution in [0.3, 0.4) is 0 Å². The highest BCUT2D eigenvalue weighted by Gasteiger charge is 2.22. The number of nitro groups is 1. The Kier molecular flexibility index (Phi) is 7.09. The molecule has 0 bridgehead atoms. The first-order valence-corrected chi connectivity index (χ1v) is 12.0. The molecule has 0 spiro atoms. The normalized spacial score (nSPS) is 17.4. The molecule has 2 aliphatic heterocycles. The maximum atomic E-state index is 13.2. The van der Waals surface area contributed by atoms with E-state index in [-0.39, 0.29) is 11.6 Å². The summed E-state index contributed by atoms with van der Waals surface area (Å²) < 4.78 is 0. The van der Waals surface area contributed by atoms with Crippen molar-refractivity contribution in [1.82, 2.24) is 4.90 Å². The van der Waals surface area contributed by atoms with Gasteiger partial charge in [0.1, 0.15) is 0 Å². The van der Waals surface area contributed by atoms with E-state index < -0.39 is 4.92 Å². The van der Waals surface area contributed by atoms with Crippen LogP contribution in [0.15, 0.2) is 42.5 Å². The van der Waals surface area contributed by atoms with Crippen molar-refractivity contribution < 1.29 is 9.72 Å². The summed E-state index contributed by atoms with van der Waals surface area (Å²) in [4.78, 5) is 28.6. The number of hydrogen-bond acceptors (Lipinski definition) is 6. The molecule has 1 amide bonds. The lowest BCUT2D eigenvalue weighted by molar-refractivity contribution is -0.384. The van der Waals surface area contributed by atoms with Crippen LogP contribution >= 0.6 is 11.8 Å². The molecule has 2 saturated heterocycles. The average Bonchev–Trinajstić information content (AvgIpc) is 2.80. The van der Waals surface area contributed by atoms with Crippen molar-refractivity contribution in [3.63, 3.8) is 0 Å². The van der Waals surface area contributed by atoms with Gasteiger partial charge in [-0.1, -0.05) is 12.1 Å². The molecular weight excluding hydrogens is 412 g/mol. The van der Waals surface area contributed by atoms with Crippen LogP contribution in [0, 0.1) is 10.1 Å². The maximum absolute atomic E-state index is 13.2. The SMILES string of the molecule is O=C(Nc1cccc(CN2CCSCC2)c1)c1cc([N+](=O)[O-])ccc1N1CCCCC1. The largest absolute Gasteiger partial charge is 0.371 e. The van der Waals surface area contributed by atoms with Crippen LogP contribution in [0.2, 0.25) is 0 Å². The fraction of sp³-hybridized carbons (Fsp3) is 0.435. The predicted octanol–water partition coefficient (Wildman–Crippen LogP) is 4.39. The molecule has 7 nitrogen and oxygen atoms in total. The molecule has 0 aromatic heterocycles. The molecule has 2 fully saturated rings. The number of anilines is 2. The minimum absolute atomic E-state index is 0.0670. The van der Waals surface area contributed by atoms with Crippen molar-refractivity contribution in [2.45, 2.75) is 25.8 Å². The highest BCUT2D eigenvalue weighted by molar-refractivity contribution is 7.99. The number of nitrogens with one attached hydrogen (secondary N) is 1. The van der Waals surface area contributed by atoms with Gasteiger partial charge in [0.05, 0.1) is 16.2 Å². The fourth-order valence-electron chi connectivity index (χ4n) is 4.19. The highest BCUT2D eigenvalue weighted by Crippen LogP contribution is 2.29. The van der Waals surface area contributed by atoms with E-state index in [1.54, 1.807) is 6.07 Å². The molecule has 164 valence electrons. The van der Waals surface area contributed by atoms with Crippen LogP contribution in [0.5, 0.6) is 0 Å². The van der Waals surface area contributed by atoms with Gasteiger partial charge in [0.15, 0.2) is 0 Å². The van der Waals surface area contributed by atoms with Crippen LogP contribution in [-0.4, -0.2) is 53.4 Å². The number of non-ortho nitro benzene ring substituents is 1. The van der Waals surface area contributed by atoms with E-state index in [1.807, 2.05) is 30.0 Å². The lowest BCUT2D eigenvalue weighted by Gasteiger charge is -2.30. The molecule has 0 radical (unpaired) electrons. The Morgan fingerprint density at radius 2 is 1.81 bits per heavy atom. The van der Waals surface area contributed by atoms with E-state index in [0.29, 0.717) is 11.3 Å². The lowest BCUT2D eigenvalue weighted by atomic mass is 10.1. The third-order valence-electron chi connectivity index (χ3n) is 5.83. The van der Waals surface area contributed by atoms with Crippen molar-refractivity contribution in [1.29, 1.82) is 0 Å². The van der Waals surface area contributed by atoms with Crippen molar-refractivity contribution in [3.8, 4) is 0 Å². The summed E-state index contributed by atoms with van der Waals surface area (Å²) in [6, 6.07) is 12.5. The van der Waals surface area contributed by atoms with Gasteiger partial charge in [-0.3, -0.25) is 19.8 Å². The zero-order valence-electron chi connectivity index (χ0n) is 17.6. The van der Waals surface area contributed by atoms with Crippen LogP contribution in [0.4, 0.5) is 17.1 Å². The molecular formula is C23H28N4O3S. The number of benzene rings is 2. The van der Waals surface area contributed by atoms with Crippen LogP contribution in [-0.2, 0) is 6.54 Å². The quantitative estimate of drug-likeness (QED) is 0.530. The van der Waals surface area contributed by atoms with E-state index in [9.17, 15) is 14.9 Å². The first-order valence-electron chi connectivity index (χ1n) is 10.8. The summed E-state index contributed by atoms with van der Waals surface area (Å²) in [6.45, 7) is 4.74. The van der Waals surface area contributed by atoms with Gasteiger partial charge in [0, 0.05) is 62.0 Å². The van der Waals surface area contributed by atoms with E-state index >= 15 is 0 Å². The first-order chi connectivity index (χ1) is 15.1. The topological polar surface area (TPSA) is 78.7 Å². The maximum Gasteiger partial charge on any atom is 0.270 e. The van der Waals surface area contributed by atoms with Crippen molar-refractivity contribution >= 4 is 34.7 Å². The van der Waals surface area contributed by atoms with E-state index in [0.717, 1.165) is 68.3 Å². The van der Waals surface area contributed by atoms with Gasteiger partial charge >= 0.3 is 0 Å². The summed E-state index contributed by atoms with van der Waals surface area (Å²) in [5.41, 5.74) is 2.92. The second-order valence-electron chi connectivity index (χ2n) is 8.05. The second-order valence-corrected chi connectivity index (χ2v) is 9.27. The number of carbonyl (C=O) groups is 1. The summed E-state index contributed by atoms with van der Waals surface area (Å²) in [6.07, 6.45) is 3.30. The van der Waals surface area contributed by atoms with E-state index in [4.69, 9.17) is 0 Å². The molecule has 0 atom stereocenters. The van der Waals surface area contributed by atoms with Crippen LogP contribution in [0.25, 0.3) is 0 Å². The van der Waals surface area contributed by atoms with Gasteiger partial charge in [-0.2, -0.15) is 11.8 Å². The number of nitrogens with zero attached hydrogens (tertiary/aromatic N) is 3. The zero-order valence-corrected chi connectivity index (χ0v) is 18.4. The van der Waals surface area contributed by atoms with Crippen molar-refractivity contribution in [2.75, 3.05) is 47.9 Å². The molecule has 2 aromatic rings. The molecule has 8 heteroatoms. The van der Waals surface area contributed by atoms with Gasteiger partial charge < -0.3 is 10.2 Å². The minimum atomic E-state index is -0.450. The standard InChI is InChI=1S/C23H28N4O3S/c28-23(24-19-6-4-5-18(15-19)17-25-11-13-31-14-12-25)21-16-20(27(29)30)7-8-22(21)26-9-2-1-3-10-26/h4-8,15-16H,1-3,9-14,17H2,(H,24,28). The molecule has 1 N–H and O–H groups in total. The molecule has 31 heavy (non-hydrogen) atoms. The second kappa shape index (κ2) is 10.2. The first kappa shape index (κ1) is 21.6. The van der Waals surface area contributed by atoms with Gasteiger partial charge in [-0.15, -0.1) is 0 Å². The number of carbonyl (C=O) groups excluding carboxylic acids is 1. The Bertz CT molecular complexity index is 940. The third-order valence-corrected chi connectivity index (χ3v) is 6.77. The molecule has 0 unspecified atom stereocenters. The van der Waals surface area contributed by atoms with E-state index in [2.05, 4.69) is 21.2 Å². The number of hydrogen-bond donors (Lipinski definition) is 1. The summed E-state index contributed by atoms with van der Waals surface area (Å²) in [5.74, 6) is 2.00. The van der Waals surface area contributed by atoms with Gasteiger partial charge in [0.2, 0.25) is 0 Å². The molecule has 4 rings (SSSR count). The Hall–Kier alpha value is -2.58. The van der Waals surface area contributed by atoms with Crippen LogP contribution in [0.1, 0.15) is 35.2 Å². The van der Waals surface area contributed by atoms with Gasteiger partial charge in [0.25, 0.3) is 11.6 Å². The van der Waals surface area contributed by atoms with Gasteiger partial charge in [-0.05, 0) is 43.0 Å². The monoisotopic (exact) mass is 440 g/mol. The number of amides is 1. The Balaban J connectivity index is 1.54. The van der Waals surface area contributed by atoms with E-state index in [1.165, 1.54) is 18.6 Å². The summed E-state index contributed by atoms with van der Waals surface area (Å²) >= 11 is 1.98. The lowest BCUT2D eigenvalue weighted by Crippen LogP contribution is -2.32. The highest BCUT2D eigenvalue weighted by atomic mass is 32.2. The number of rotatable bonds is 6.